The van der Waals surface area contributed by atoms with E-state index in [1.165, 1.54) is 51.4 Å². The summed E-state index contributed by atoms with van der Waals surface area (Å²) in [5, 5.41) is 1.55. The Morgan fingerprint density at radius 2 is 1.36 bits per heavy atom. The van der Waals surface area contributed by atoms with Crippen LogP contribution >= 0.6 is 0 Å². The Kier molecular flexibility index (Phi) is 15.1. The zero-order valence-electron chi connectivity index (χ0n) is 9.89. The fourth-order valence-electron chi connectivity index (χ4n) is 1.48. The van der Waals surface area contributed by atoms with Gasteiger partial charge in [-0.2, -0.15) is 0 Å². The average Bonchev–Trinajstić information content (AvgIpc) is 2.21. The van der Waals surface area contributed by atoms with E-state index in [0.717, 1.165) is 29.9 Å². The van der Waals surface area contributed by atoms with Crippen LogP contribution in [0.25, 0.3) is 0 Å². The van der Waals surface area contributed by atoms with Gasteiger partial charge >= 0.3 is 104 Å². The maximum atomic E-state index is 2.36. The average molecular weight is 328 g/mol. The van der Waals surface area contributed by atoms with Crippen LogP contribution in [0, 0.1) is 0 Å². The maximum absolute atomic E-state index is 2.36. The van der Waals surface area contributed by atoms with Crippen molar-refractivity contribution in [2.24, 2.45) is 0 Å². The first kappa shape index (κ1) is 15.0. The predicted octanol–water partition coefficient (Wildman–Crippen LogP) is 4.38. The van der Waals surface area contributed by atoms with Crippen LogP contribution in [0.4, 0.5) is 0 Å². The van der Waals surface area contributed by atoms with E-state index in [9.17, 15) is 0 Å². The van der Waals surface area contributed by atoms with E-state index in [-0.39, 0.29) is 0 Å². The molecule has 0 saturated carbocycles. The molecular formula is C12H26Se2. The van der Waals surface area contributed by atoms with Crippen molar-refractivity contribution in [2.75, 3.05) is 0 Å². The third kappa shape index (κ3) is 13.0. The molecule has 0 bridgehead atoms. The molecule has 0 fully saturated rings. The summed E-state index contributed by atoms with van der Waals surface area (Å²) < 4.78 is 1.57. The third-order valence-electron chi connectivity index (χ3n) is 2.34. The van der Waals surface area contributed by atoms with Crippen molar-refractivity contribution in [3.8, 4) is 0 Å². The van der Waals surface area contributed by atoms with Gasteiger partial charge in [-0.15, -0.1) is 0 Å². The van der Waals surface area contributed by atoms with Crippen molar-refractivity contribution < 1.29 is 0 Å². The molecule has 0 amide bonds. The zero-order valence-corrected chi connectivity index (χ0v) is 13.3. The fourth-order valence-corrected chi connectivity index (χ4v) is 6.04. The summed E-state index contributed by atoms with van der Waals surface area (Å²) in [4.78, 5) is 0. The van der Waals surface area contributed by atoms with Gasteiger partial charge in [0.25, 0.3) is 0 Å². The molecule has 0 radical (unpaired) electrons. The first-order chi connectivity index (χ1) is 6.91. The molecule has 0 aliphatic carbocycles. The Morgan fingerprint density at radius 3 is 1.93 bits per heavy atom. The zero-order chi connectivity index (χ0) is 10.5. The molecule has 0 N–H and O–H groups in total. The van der Waals surface area contributed by atoms with Crippen LogP contribution in [0.2, 0.25) is 15.4 Å². The van der Waals surface area contributed by atoms with Gasteiger partial charge in [-0.3, -0.25) is 0 Å². The van der Waals surface area contributed by atoms with E-state index in [2.05, 4.69) is 12.7 Å². The molecule has 0 unspecified atom stereocenters. The summed E-state index contributed by atoms with van der Waals surface area (Å²) in [7, 11) is 0. The van der Waals surface area contributed by atoms with Crippen LogP contribution in [-0.2, 0) is 0 Å². The Morgan fingerprint density at radius 1 is 0.786 bits per heavy atom. The molecule has 0 spiro atoms. The predicted molar refractivity (Wildman–Crippen MR) is 69.6 cm³/mol. The standard InChI is InChI=1S/C12H26Se2/c1-3-4-5-6-7-8-9-10-11-14-12-13-2/h3-12H2,1-2H3. The van der Waals surface area contributed by atoms with Crippen molar-refractivity contribution in [3.63, 3.8) is 0 Å². The first-order valence-electron chi connectivity index (χ1n) is 5.98. The Hall–Kier alpha value is 1.04. The number of rotatable bonds is 11. The topological polar surface area (TPSA) is 0 Å². The molecule has 0 saturated heterocycles. The molecule has 0 heterocycles. The van der Waals surface area contributed by atoms with Gasteiger partial charge in [0.15, 0.2) is 0 Å². The van der Waals surface area contributed by atoms with E-state index in [1.54, 1.807) is 9.54 Å². The minimum absolute atomic E-state index is 0.945. The Labute approximate surface area is 103 Å². The molecule has 0 atom stereocenters. The molecule has 0 rings (SSSR count). The van der Waals surface area contributed by atoms with Gasteiger partial charge in [-0.25, -0.2) is 0 Å². The first-order valence-corrected chi connectivity index (χ1v) is 11.3. The van der Waals surface area contributed by atoms with Crippen molar-refractivity contribution in [1.82, 2.24) is 0 Å². The molecule has 14 heavy (non-hydrogen) atoms. The molecule has 0 aliphatic heterocycles. The van der Waals surface area contributed by atoms with Crippen LogP contribution < -0.4 is 0 Å². The molecule has 0 nitrogen and oxygen atoms in total. The molecular weight excluding hydrogens is 302 g/mol. The number of hydrogen-bond donors (Lipinski definition) is 0. The quantitative estimate of drug-likeness (QED) is 0.390. The van der Waals surface area contributed by atoms with Crippen molar-refractivity contribution in [3.05, 3.63) is 0 Å². The van der Waals surface area contributed by atoms with Crippen molar-refractivity contribution in [2.45, 2.75) is 73.6 Å². The summed E-state index contributed by atoms with van der Waals surface area (Å²) in [6.45, 7) is 2.29. The summed E-state index contributed by atoms with van der Waals surface area (Å²) in [5.41, 5.74) is 0. The second kappa shape index (κ2) is 14.0. The van der Waals surface area contributed by atoms with E-state index < -0.39 is 0 Å². The SMILES string of the molecule is CCCCCCCCCC[Se]C[Se]C. The molecule has 86 valence electrons. The van der Waals surface area contributed by atoms with Gasteiger partial charge in [0.1, 0.15) is 0 Å². The van der Waals surface area contributed by atoms with Gasteiger partial charge in [0.05, 0.1) is 0 Å². The fraction of sp³-hybridized carbons (Fsp3) is 1.00. The summed E-state index contributed by atoms with van der Waals surface area (Å²) >= 11 is 1.94. The second-order valence-electron chi connectivity index (χ2n) is 3.79. The molecule has 0 aromatic rings. The number of unbranched alkanes of at least 4 members (excludes halogenated alkanes) is 7. The van der Waals surface area contributed by atoms with Crippen LogP contribution in [0.1, 0.15) is 58.3 Å². The van der Waals surface area contributed by atoms with Crippen LogP contribution in [-0.4, -0.2) is 29.9 Å². The van der Waals surface area contributed by atoms with Gasteiger partial charge in [0.2, 0.25) is 0 Å². The molecule has 0 aromatic carbocycles. The second-order valence-corrected chi connectivity index (χ2v) is 9.78. The van der Waals surface area contributed by atoms with Crippen molar-refractivity contribution in [1.29, 1.82) is 0 Å². The third-order valence-corrected chi connectivity index (χ3v) is 8.79. The minimum atomic E-state index is 0.945. The summed E-state index contributed by atoms with van der Waals surface area (Å²) in [6, 6.07) is 0. The van der Waals surface area contributed by atoms with Crippen LogP contribution in [0.3, 0.4) is 0 Å². The molecule has 0 aliphatic rings. The van der Waals surface area contributed by atoms with E-state index in [1.807, 2.05) is 0 Å². The van der Waals surface area contributed by atoms with E-state index in [0.29, 0.717) is 0 Å². The van der Waals surface area contributed by atoms with E-state index in [4.69, 9.17) is 0 Å². The van der Waals surface area contributed by atoms with Crippen LogP contribution in [0.15, 0.2) is 0 Å². The summed E-state index contributed by atoms with van der Waals surface area (Å²) in [5.74, 6) is 2.36. The summed E-state index contributed by atoms with van der Waals surface area (Å²) in [6.07, 6.45) is 11.8. The molecule has 2 heteroatoms. The van der Waals surface area contributed by atoms with Crippen LogP contribution in [0.5, 0.6) is 0 Å². The van der Waals surface area contributed by atoms with Gasteiger partial charge in [0, 0.05) is 0 Å². The van der Waals surface area contributed by atoms with Gasteiger partial charge in [-0.1, -0.05) is 0 Å². The molecule has 0 aromatic heterocycles. The Balaban J connectivity index is 2.78. The number of hydrogen-bond acceptors (Lipinski definition) is 0. The normalized spacial score (nSPS) is 10.7. The van der Waals surface area contributed by atoms with Gasteiger partial charge in [-0.05, 0) is 0 Å². The van der Waals surface area contributed by atoms with Crippen molar-refractivity contribution >= 4 is 29.9 Å². The van der Waals surface area contributed by atoms with Gasteiger partial charge < -0.3 is 0 Å². The van der Waals surface area contributed by atoms with E-state index >= 15 is 0 Å². The monoisotopic (exact) mass is 330 g/mol. The Bertz CT molecular complexity index is 82.3.